The second-order valence-electron chi connectivity index (χ2n) is 9.55. The number of aliphatic hydroxyl groups excluding tert-OH is 1. The molecule has 0 bridgehead atoms. The Balaban J connectivity index is 1.22. The number of nitrogens with one attached hydrogen (secondary N) is 2. The Labute approximate surface area is 230 Å². The molecule has 2 amide bonds. The molecule has 0 spiro atoms. The second kappa shape index (κ2) is 12.0. The van der Waals surface area contributed by atoms with Crippen molar-refractivity contribution in [3.63, 3.8) is 0 Å². The molecule has 0 unspecified atom stereocenters. The standard InChI is InChI=1S/C28H31N7O5/c36-17-19-1-5-21(6-2-19)30-28(37)31-22-7-3-20(4-8-22)25-32-26(34-11-13-38-14-12-34)24-27(33-25)35(18-29-24)10-9-23-39-15-16-40-23/h1-8,18,23,36H,9-17H2,(H2,30,31,37). The summed E-state index contributed by atoms with van der Waals surface area (Å²) in [5, 5.41) is 14.8. The quantitative estimate of drug-likeness (QED) is 0.305. The first-order chi connectivity index (χ1) is 19.7. The lowest BCUT2D eigenvalue weighted by Gasteiger charge is -2.28. The number of hydrogen-bond acceptors (Lipinski definition) is 9. The molecule has 2 aliphatic heterocycles. The van der Waals surface area contributed by atoms with Crippen molar-refractivity contribution in [1.29, 1.82) is 0 Å². The number of rotatable bonds is 8. The van der Waals surface area contributed by atoms with E-state index in [1.165, 1.54) is 0 Å². The van der Waals surface area contributed by atoms with E-state index in [1.54, 1.807) is 30.6 Å². The van der Waals surface area contributed by atoms with E-state index in [0.29, 0.717) is 56.6 Å². The Morgan fingerprint density at radius 1 is 0.925 bits per heavy atom. The topological polar surface area (TPSA) is 136 Å². The van der Waals surface area contributed by atoms with E-state index in [-0.39, 0.29) is 18.9 Å². The number of anilines is 3. The Kier molecular flexibility index (Phi) is 7.82. The van der Waals surface area contributed by atoms with Crippen LogP contribution in [-0.4, -0.2) is 76.5 Å². The predicted molar refractivity (Wildman–Crippen MR) is 149 cm³/mol. The summed E-state index contributed by atoms with van der Waals surface area (Å²) >= 11 is 0. The van der Waals surface area contributed by atoms with Crippen molar-refractivity contribution in [1.82, 2.24) is 19.5 Å². The average molecular weight is 546 g/mol. The molecule has 0 radical (unpaired) electrons. The van der Waals surface area contributed by atoms with E-state index < -0.39 is 0 Å². The number of imidazole rings is 1. The molecule has 2 fully saturated rings. The maximum absolute atomic E-state index is 12.5. The van der Waals surface area contributed by atoms with Crippen LogP contribution in [0.15, 0.2) is 54.9 Å². The van der Waals surface area contributed by atoms with Gasteiger partial charge in [0.1, 0.15) is 0 Å². The number of carbonyl (C=O) groups is 1. The Morgan fingerprint density at radius 2 is 1.60 bits per heavy atom. The zero-order chi connectivity index (χ0) is 27.3. The molecule has 12 heteroatoms. The van der Waals surface area contributed by atoms with Crippen LogP contribution in [0, 0.1) is 0 Å². The van der Waals surface area contributed by atoms with Gasteiger partial charge in [-0.3, -0.25) is 0 Å². The number of amides is 2. The SMILES string of the molecule is O=C(Nc1ccc(CO)cc1)Nc1ccc(-c2nc(N3CCOCC3)c3ncn(CCC4OCCO4)c3n2)cc1. The van der Waals surface area contributed by atoms with Gasteiger partial charge < -0.3 is 39.4 Å². The van der Waals surface area contributed by atoms with Crippen molar-refractivity contribution in [3.8, 4) is 11.4 Å². The zero-order valence-electron chi connectivity index (χ0n) is 22.0. The lowest BCUT2D eigenvalue weighted by molar-refractivity contribution is -0.0489. The first-order valence-corrected chi connectivity index (χ1v) is 13.3. The van der Waals surface area contributed by atoms with Crippen LogP contribution in [0.1, 0.15) is 12.0 Å². The van der Waals surface area contributed by atoms with Gasteiger partial charge in [-0.1, -0.05) is 12.1 Å². The number of morpholine rings is 1. The van der Waals surface area contributed by atoms with Crippen molar-refractivity contribution >= 4 is 34.4 Å². The highest BCUT2D eigenvalue weighted by molar-refractivity contribution is 5.99. The van der Waals surface area contributed by atoms with Crippen LogP contribution in [0.2, 0.25) is 0 Å². The van der Waals surface area contributed by atoms with E-state index in [9.17, 15) is 9.90 Å². The highest BCUT2D eigenvalue weighted by atomic mass is 16.7. The summed E-state index contributed by atoms with van der Waals surface area (Å²) in [5.41, 5.74) is 4.35. The third-order valence-corrected chi connectivity index (χ3v) is 6.85. The Bertz CT molecular complexity index is 1450. The molecular formula is C28H31N7O5. The van der Waals surface area contributed by atoms with Crippen LogP contribution in [0.5, 0.6) is 0 Å². The number of benzene rings is 2. The van der Waals surface area contributed by atoms with Gasteiger partial charge in [0, 0.05) is 43.0 Å². The third kappa shape index (κ3) is 5.89. The fourth-order valence-electron chi connectivity index (χ4n) is 4.73. The fraction of sp³-hybridized carbons (Fsp3) is 0.357. The van der Waals surface area contributed by atoms with Crippen molar-refractivity contribution in [3.05, 3.63) is 60.4 Å². The van der Waals surface area contributed by atoms with Gasteiger partial charge in [-0.15, -0.1) is 0 Å². The second-order valence-corrected chi connectivity index (χ2v) is 9.55. The van der Waals surface area contributed by atoms with Crippen LogP contribution in [0.4, 0.5) is 22.0 Å². The smallest absolute Gasteiger partial charge is 0.323 e. The molecule has 2 aliphatic rings. The molecule has 0 aliphatic carbocycles. The lowest BCUT2D eigenvalue weighted by Crippen LogP contribution is -2.37. The van der Waals surface area contributed by atoms with Gasteiger partial charge in [-0.05, 0) is 42.0 Å². The molecule has 40 heavy (non-hydrogen) atoms. The maximum atomic E-state index is 12.5. The van der Waals surface area contributed by atoms with Crippen LogP contribution in [-0.2, 0) is 27.4 Å². The Morgan fingerprint density at radius 3 is 2.27 bits per heavy atom. The minimum Gasteiger partial charge on any atom is -0.392 e. The number of aliphatic hydroxyl groups is 1. The molecule has 6 rings (SSSR count). The van der Waals surface area contributed by atoms with Crippen LogP contribution in [0.3, 0.4) is 0 Å². The van der Waals surface area contributed by atoms with Crippen molar-refractivity contribution in [2.24, 2.45) is 0 Å². The van der Waals surface area contributed by atoms with E-state index in [1.807, 2.05) is 28.8 Å². The number of urea groups is 1. The molecule has 4 aromatic rings. The van der Waals surface area contributed by atoms with E-state index in [2.05, 4.69) is 20.5 Å². The minimum absolute atomic E-state index is 0.0455. The van der Waals surface area contributed by atoms with Crippen molar-refractivity contribution in [2.45, 2.75) is 25.9 Å². The third-order valence-electron chi connectivity index (χ3n) is 6.85. The summed E-state index contributed by atoms with van der Waals surface area (Å²) in [5.74, 6) is 1.35. The molecule has 12 nitrogen and oxygen atoms in total. The number of carbonyl (C=O) groups excluding carboxylic acids is 1. The summed E-state index contributed by atoms with van der Waals surface area (Å²) in [6.07, 6.45) is 2.28. The van der Waals surface area contributed by atoms with E-state index >= 15 is 0 Å². The molecule has 3 N–H and O–H groups in total. The van der Waals surface area contributed by atoms with Crippen LogP contribution >= 0.6 is 0 Å². The summed E-state index contributed by atoms with van der Waals surface area (Å²) < 4.78 is 18.8. The highest BCUT2D eigenvalue weighted by Crippen LogP contribution is 2.28. The zero-order valence-corrected chi connectivity index (χ0v) is 22.0. The average Bonchev–Trinajstić information content (AvgIpc) is 3.67. The largest absolute Gasteiger partial charge is 0.392 e. The number of aromatic nitrogens is 4. The minimum atomic E-state index is -0.365. The first-order valence-electron chi connectivity index (χ1n) is 13.3. The maximum Gasteiger partial charge on any atom is 0.323 e. The van der Waals surface area contributed by atoms with Gasteiger partial charge in [-0.25, -0.2) is 19.7 Å². The van der Waals surface area contributed by atoms with E-state index in [0.717, 1.165) is 41.2 Å². The molecule has 2 aromatic heterocycles. The summed E-state index contributed by atoms with van der Waals surface area (Å²) in [4.78, 5) is 29.2. The first kappa shape index (κ1) is 26.1. The summed E-state index contributed by atoms with van der Waals surface area (Å²) in [6.45, 7) is 4.56. The van der Waals surface area contributed by atoms with Gasteiger partial charge in [0.15, 0.2) is 29.1 Å². The summed E-state index contributed by atoms with van der Waals surface area (Å²) in [6, 6.07) is 14.0. The monoisotopic (exact) mass is 545 g/mol. The van der Waals surface area contributed by atoms with Crippen LogP contribution in [0.25, 0.3) is 22.6 Å². The molecular weight excluding hydrogens is 514 g/mol. The number of aryl methyl sites for hydroxylation is 1. The molecule has 208 valence electrons. The van der Waals surface area contributed by atoms with Crippen molar-refractivity contribution < 1.29 is 24.1 Å². The number of ether oxygens (including phenoxy) is 3. The predicted octanol–water partition coefficient (Wildman–Crippen LogP) is 3.23. The normalized spacial score (nSPS) is 16.0. The highest BCUT2D eigenvalue weighted by Gasteiger charge is 2.22. The number of hydrogen-bond donors (Lipinski definition) is 3. The van der Waals surface area contributed by atoms with Gasteiger partial charge >= 0.3 is 6.03 Å². The molecule has 2 aromatic carbocycles. The molecule has 0 saturated carbocycles. The molecule has 0 atom stereocenters. The molecule has 2 saturated heterocycles. The van der Waals surface area contributed by atoms with Gasteiger partial charge in [0.25, 0.3) is 0 Å². The fourth-order valence-corrected chi connectivity index (χ4v) is 4.73. The molecule has 4 heterocycles. The van der Waals surface area contributed by atoms with Crippen LogP contribution < -0.4 is 15.5 Å². The number of fused-ring (bicyclic) bond motifs is 1. The van der Waals surface area contributed by atoms with Gasteiger partial charge in [0.05, 0.1) is 39.4 Å². The lowest BCUT2D eigenvalue weighted by atomic mass is 10.2. The Hall–Kier alpha value is -4.10. The van der Waals surface area contributed by atoms with E-state index in [4.69, 9.17) is 24.2 Å². The van der Waals surface area contributed by atoms with Crippen molar-refractivity contribution in [2.75, 3.05) is 55.1 Å². The number of nitrogens with zero attached hydrogens (tertiary/aromatic N) is 5. The van der Waals surface area contributed by atoms with Gasteiger partial charge in [0.2, 0.25) is 0 Å². The summed E-state index contributed by atoms with van der Waals surface area (Å²) in [7, 11) is 0. The van der Waals surface area contributed by atoms with Gasteiger partial charge in [-0.2, -0.15) is 0 Å².